The lowest BCUT2D eigenvalue weighted by Gasteiger charge is -2.09. The highest BCUT2D eigenvalue weighted by atomic mass is 16.3. The van der Waals surface area contributed by atoms with E-state index in [2.05, 4.69) is 10.3 Å². The van der Waals surface area contributed by atoms with E-state index in [1.54, 1.807) is 13.0 Å². The molecule has 0 spiro atoms. The van der Waals surface area contributed by atoms with Crippen molar-refractivity contribution in [3.05, 3.63) is 23.5 Å². The number of hydrogen-bond acceptors (Lipinski definition) is 4. The minimum atomic E-state index is -0.149. The van der Waals surface area contributed by atoms with Gasteiger partial charge in [-0.05, 0) is 31.7 Å². The molecule has 18 heavy (non-hydrogen) atoms. The molecular formula is C13H21N3O2. The van der Waals surface area contributed by atoms with E-state index in [1.165, 1.54) is 6.20 Å². The van der Waals surface area contributed by atoms with Crippen LogP contribution < -0.4 is 11.1 Å². The smallest absolute Gasteiger partial charge is 0.253 e. The Bertz CT molecular complexity index is 407. The SMILES string of the molecule is Cc1ncc(N)cc1C(=O)NCCCC(C)CO. The van der Waals surface area contributed by atoms with Gasteiger partial charge in [-0.1, -0.05) is 6.92 Å². The number of nitrogens with zero attached hydrogens (tertiary/aromatic N) is 1. The number of carbonyl (C=O) groups excluding carboxylic acids is 1. The molecule has 1 atom stereocenters. The number of rotatable bonds is 6. The number of amides is 1. The summed E-state index contributed by atoms with van der Waals surface area (Å²) in [5.74, 6) is 0.127. The molecule has 1 aromatic heterocycles. The Labute approximate surface area is 107 Å². The van der Waals surface area contributed by atoms with E-state index in [1.807, 2.05) is 6.92 Å². The highest BCUT2D eigenvalue weighted by Gasteiger charge is 2.10. The Hall–Kier alpha value is -1.62. The maximum Gasteiger partial charge on any atom is 0.253 e. The molecule has 4 N–H and O–H groups in total. The monoisotopic (exact) mass is 251 g/mol. The average Bonchev–Trinajstić information content (AvgIpc) is 2.36. The Balaban J connectivity index is 2.43. The Morgan fingerprint density at radius 3 is 3.00 bits per heavy atom. The molecule has 1 aromatic rings. The second-order valence-electron chi connectivity index (χ2n) is 4.59. The topological polar surface area (TPSA) is 88.2 Å². The van der Waals surface area contributed by atoms with E-state index in [0.29, 0.717) is 23.5 Å². The van der Waals surface area contributed by atoms with Gasteiger partial charge in [-0.2, -0.15) is 0 Å². The molecule has 1 rings (SSSR count). The van der Waals surface area contributed by atoms with Gasteiger partial charge >= 0.3 is 0 Å². The normalized spacial score (nSPS) is 12.2. The number of aromatic nitrogens is 1. The Morgan fingerprint density at radius 2 is 2.33 bits per heavy atom. The predicted molar refractivity (Wildman–Crippen MR) is 71.2 cm³/mol. The molecule has 0 aromatic carbocycles. The molecule has 100 valence electrons. The first-order chi connectivity index (χ1) is 8.54. The van der Waals surface area contributed by atoms with E-state index in [-0.39, 0.29) is 18.4 Å². The fraction of sp³-hybridized carbons (Fsp3) is 0.538. The number of aryl methyl sites for hydroxylation is 1. The highest BCUT2D eigenvalue weighted by molar-refractivity contribution is 5.95. The van der Waals surface area contributed by atoms with Gasteiger partial charge in [-0.25, -0.2) is 0 Å². The van der Waals surface area contributed by atoms with Crippen LogP contribution >= 0.6 is 0 Å². The van der Waals surface area contributed by atoms with Gasteiger partial charge in [0, 0.05) is 13.2 Å². The van der Waals surface area contributed by atoms with Crippen molar-refractivity contribution in [1.29, 1.82) is 0 Å². The third kappa shape index (κ3) is 4.33. The number of aliphatic hydroxyl groups excluding tert-OH is 1. The van der Waals surface area contributed by atoms with Gasteiger partial charge in [0.25, 0.3) is 5.91 Å². The summed E-state index contributed by atoms with van der Waals surface area (Å²) < 4.78 is 0. The molecule has 0 aliphatic rings. The number of anilines is 1. The van der Waals surface area contributed by atoms with E-state index in [0.717, 1.165) is 12.8 Å². The van der Waals surface area contributed by atoms with Gasteiger partial charge in [0.05, 0.1) is 23.1 Å². The molecule has 0 bridgehead atoms. The van der Waals surface area contributed by atoms with Crippen LogP contribution in [-0.4, -0.2) is 29.1 Å². The van der Waals surface area contributed by atoms with Crippen LogP contribution in [0.25, 0.3) is 0 Å². The van der Waals surface area contributed by atoms with E-state index in [9.17, 15) is 4.79 Å². The summed E-state index contributed by atoms with van der Waals surface area (Å²) in [4.78, 5) is 15.9. The maximum absolute atomic E-state index is 11.9. The summed E-state index contributed by atoms with van der Waals surface area (Å²) in [7, 11) is 0. The van der Waals surface area contributed by atoms with Crippen molar-refractivity contribution in [1.82, 2.24) is 10.3 Å². The van der Waals surface area contributed by atoms with E-state index >= 15 is 0 Å². The predicted octanol–water partition coefficient (Wildman–Crippen LogP) is 1.11. The van der Waals surface area contributed by atoms with Gasteiger partial charge in [0.2, 0.25) is 0 Å². The van der Waals surface area contributed by atoms with Crippen molar-refractivity contribution in [3.8, 4) is 0 Å². The lowest BCUT2D eigenvalue weighted by atomic mass is 10.1. The summed E-state index contributed by atoms with van der Waals surface area (Å²) in [6, 6.07) is 1.63. The number of carbonyl (C=O) groups is 1. The number of hydrogen-bond donors (Lipinski definition) is 3. The minimum Gasteiger partial charge on any atom is -0.397 e. The van der Waals surface area contributed by atoms with Crippen LogP contribution in [0.4, 0.5) is 5.69 Å². The lowest BCUT2D eigenvalue weighted by Crippen LogP contribution is -2.26. The quantitative estimate of drug-likeness (QED) is 0.661. The molecule has 1 unspecified atom stereocenters. The Kier molecular flexibility index (Phi) is 5.58. The second-order valence-corrected chi connectivity index (χ2v) is 4.59. The van der Waals surface area contributed by atoms with Gasteiger partial charge in [-0.15, -0.1) is 0 Å². The zero-order valence-electron chi connectivity index (χ0n) is 10.9. The van der Waals surface area contributed by atoms with Crippen molar-refractivity contribution >= 4 is 11.6 Å². The van der Waals surface area contributed by atoms with Crippen LogP contribution in [0.3, 0.4) is 0 Å². The molecule has 0 saturated heterocycles. The summed E-state index contributed by atoms with van der Waals surface area (Å²) >= 11 is 0. The van der Waals surface area contributed by atoms with E-state index < -0.39 is 0 Å². The number of nitrogens with one attached hydrogen (secondary N) is 1. The van der Waals surface area contributed by atoms with Crippen LogP contribution in [0.5, 0.6) is 0 Å². The summed E-state index contributed by atoms with van der Waals surface area (Å²) in [6.07, 6.45) is 3.28. The first kappa shape index (κ1) is 14.4. The number of pyridine rings is 1. The minimum absolute atomic E-state index is 0.149. The van der Waals surface area contributed by atoms with Crippen LogP contribution in [0.15, 0.2) is 12.3 Å². The molecule has 1 heterocycles. The molecular weight excluding hydrogens is 230 g/mol. The van der Waals surface area contributed by atoms with Crippen molar-refractivity contribution < 1.29 is 9.90 Å². The van der Waals surface area contributed by atoms with Crippen molar-refractivity contribution in [2.75, 3.05) is 18.9 Å². The fourth-order valence-electron chi connectivity index (χ4n) is 1.62. The first-order valence-corrected chi connectivity index (χ1v) is 6.15. The lowest BCUT2D eigenvalue weighted by molar-refractivity contribution is 0.0951. The van der Waals surface area contributed by atoms with E-state index in [4.69, 9.17) is 10.8 Å². The van der Waals surface area contributed by atoms with Crippen LogP contribution in [0, 0.1) is 12.8 Å². The van der Waals surface area contributed by atoms with Gasteiger partial charge in [0.1, 0.15) is 0 Å². The van der Waals surface area contributed by atoms with Gasteiger partial charge in [0.15, 0.2) is 0 Å². The van der Waals surface area contributed by atoms with Gasteiger partial charge in [-0.3, -0.25) is 9.78 Å². The maximum atomic E-state index is 11.9. The number of aliphatic hydroxyl groups is 1. The third-order valence-corrected chi connectivity index (χ3v) is 2.82. The molecule has 0 radical (unpaired) electrons. The highest BCUT2D eigenvalue weighted by Crippen LogP contribution is 2.09. The van der Waals surface area contributed by atoms with Crippen LogP contribution in [0.1, 0.15) is 35.8 Å². The first-order valence-electron chi connectivity index (χ1n) is 6.15. The molecule has 0 saturated carbocycles. The van der Waals surface area contributed by atoms with Crippen molar-refractivity contribution in [2.45, 2.75) is 26.7 Å². The number of nitrogen functional groups attached to an aromatic ring is 1. The third-order valence-electron chi connectivity index (χ3n) is 2.82. The zero-order valence-corrected chi connectivity index (χ0v) is 10.9. The number of nitrogens with two attached hydrogens (primary N) is 1. The second kappa shape index (κ2) is 6.96. The molecule has 0 fully saturated rings. The molecule has 1 amide bonds. The van der Waals surface area contributed by atoms with Gasteiger partial charge < -0.3 is 16.2 Å². The molecule has 0 aliphatic carbocycles. The standard InChI is InChI=1S/C13H21N3O2/c1-9(8-17)4-3-5-15-13(18)12-6-11(14)7-16-10(12)2/h6-7,9,17H,3-5,8,14H2,1-2H3,(H,15,18). The Morgan fingerprint density at radius 1 is 1.61 bits per heavy atom. The van der Waals surface area contributed by atoms with Crippen molar-refractivity contribution in [3.63, 3.8) is 0 Å². The van der Waals surface area contributed by atoms with Crippen LogP contribution in [-0.2, 0) is 0 Å². The molecule has 0 aliphatic heterocycles. The van der Waals surface area contributed by atoms with Crippen molar-refractivity contribution in [2.24, 2.45) is 5.92 Å². The summed E-state index contributed by atoms with van der Waals surface area (Å²) in [5, 5.41) is 11.7. The summed E-state index contributed by atoms with van der Waals surface area (Å²) in [5.41, 5.74) is 7.28. The molecule has 5 heteroatoms. The molecule has 5 nitrogen and oxygen atoms in total. The van der Waals surface area contributed by atoms with Crippen LogP contribution in [0.2, 0.25) is 0 Å². The zero-order chi connectivity index (χ0) is 13.5. The summed E-state index contributed by atoms with van der Waals surface area (Å²) in [6.45, 7) is 4.54. The fourth-order valence-corrected chi connectivity index (χ4v) is 1.62. The average molecular weight is 251 g/mol. The largest absolute Gasteiger partial charge is 0.397 e.